The molecule has 0 atom stereocenters. The molecule has 0 amide bonds. The third kappa shape index (κ3) is 2.31. The highest BCUT2D eigenvalue weighted by Gasteiger charge is 1.97. The van der Waals surface area contributed by atoms with Crippen molar-refractivity contribution < 1.29 is 4.74 Å². The summed E-state index contributed by atoms with van der Waals surface area (Å²) >= 11 is 0. The molecule has 1 heterocycles. The summed E-state index contributed by atoms with van der Waals surface area (Å²) < 4.78 is 4.78. The van der Waals surface area contributed by atoms with Gasteiger partial charge in [-0.05, 0) is 19.1 Å². The van der Waals surface area contributed by atoms with Gasteiger partial charge in [0.2, 0.25) is 0 Å². The lowest BCUT2D eigenvalue weighted by Gasteiger charge is -1.98. The first-order valence-electron chi connectivity index (χ1n) is 3.84. The molecule has 0 aliphatic carbocycles. The van der Waals surface area contributed by atoms with Crippen LogP contribution in [0.15, 0.2) is 18.5 Å². The molecule has 13 heavy (non-hydrogen) atoms. The van der Waals surface area contributed by atoms with Crippen molar-refractivity contribution in [2.45, 2.75) is 6.92 Å². The predicted molar refractivity (Wildman–Crippen MR) is 49.7 cm³/mol. The van der Waals surface area contributed by atoms with Crippen molar-refractivity contribution in [3.8, 4) is 6.07 Å². The molecule has 0 saturated carbocycles. The number of ether oxygens (including phenoxy) is 1. The van der Waals surface area contributed by atoms with Gasteiger partial charge in [0, 0.05) is 17.5 Å². The number of pyridine rings is 1. The first-order chi connectivity index (χ1) is 6.27. The fourth-order valence-corrected chi connectivity index (χ4v) is 0.921. The monoisotopic (exact) mass is 174 g/mol. The van der Waals surface area contributed by atoms with Gasteiger partial charge in [-0.3, -0.25) is 4.98 Å². The van der Waals surface area contributed by atoms with Crippen LogP contribution in [0.3, 0.4) is 0 Å². The van der Waals surface area contributed by atoms with Crippen LogP contribution in [-0.4, -0.2) is 12.1 Å². The Hall–Kier alpha value is -1.82. The summed E-state index contributed by atoms with van der Waals surface area (Å²) in [6.45, 7) is 1.89. The van der Waals surface area contributed by atoms with Crippen LogP contribution in [0, 0.1) is 18.3 Å². The van der Waals surface area contributed by atoms with Crippen molar-refractivity contribution in [2.24, 2.45) is 0 Å². The second-order valence-corrected chi connectivity index (χ2v) is 2.55. The van der Waals surface area contributed by atoms with Crippen molar-refractivity contribution in [3.63, 3.8) is 0 Å². The van der Waals surface area contributed by atoms with Gasteiger partial charge < -0.3 is 4.74 Å². The zero-order valence-corrected chi connectivity index (χ0v) is 7.61. The maximum Gasteiger partial charge on any atom is 0.101 e. The molecule has 1 rings (SSSR count). The van der Waals surface area contributed by atoms with Crippen LogP contribution in [0.1, 0.15) is 16.8 Å². The molecule has 1 aromatic rings. The second kappa shape index (κ2) is 4.27. The molecule has 3 nitrogen and oxygen atoms in total. The average Bonchev–Trinajstić information content (AvgIpc) is 2.17. The highest BCUT2D eigenvalue weighted by molar-refractivity contribution is 5.53. The Morgan fingerprint density at radius 1 is 1.62 bits per heavy atom. The molecule has 0 aliphatic heterocycles. The Kier molecular flexibility index (Phi) is 3.04. The molecule has 0 saturated heterocycles. The smallest absolute Gasteiger partial charge is 0.101 e. The number of aryl methyl sites for hydroxylation is 1. The van der Waals surface area contributed by atoms with Gasteiger partial charge in [-0.2, -0.15) is 5.26 Å². The van der Waals surface area contributed by atoms with E-state index in [1.54, 1.807) is 31.7 Å². The van der Waals surface area contributed by atoms with Crippen LogP contribution in [0.5, 0.6) is 0 Å². The Bertz CT molecular complexity index is 364. The van der Waals surface area contributed by atoms with Crippen LogP contribution in [0.25, 0.3) is 6.08 Å². The number of hydrogen-bond donors (Lipinski definition) is 0. The number of aromatic nitrogens is 1. The largest absolute Gasteiger partial charge is 0.504 e. The minimum atomic E-state index is 0.557. The minimum absolute atomic E-state index is 0.557. The molecule has 0 aliphatic rings. The molecule has 1 aromatic heterocycles. The summed E-state index contributed by atoms with van der Waals surface area (Å²) in [7, 11) is 1.58. The molecule has 0 spiro atoms. The van der Waals surface area contributed by atoms with E-state index < -0.39 is 0 Å². The molecular formula is C10H10N2O. The van der Waals surface area contributed by atoms with E-state index in [4.69, 9.17) is 10.00 Å². The highest BCUT2D eigenvalue weighted by atomic mass is 16.5. The summed E-state index contributed by atoms with van der Waals surface area (Å²) in [6.07, 6.45) is 4.90. The van der Waals surface area contributed by atoms with Gasteiger partial charge in [0.1, 0.15) is 6.07 Å². The SMILES string of the molecule is CO/C=C/c1cc(C#N)cnc1C. The lowest BCUT2D eigenvalue weighted by Crippen LogP contribution is -1.88. The molecule has 66 valence electrons. The number of methoxy groups -OCH3 is 1. The van der Waals surface area contributed by atoms with Gasteiger partial charge >= 0.3 is 0 Å². The van der Waals surface area contributed by atoms with Crippen molar-refractivity contribution in [1.29, 1.82) is 5.26 Å². The molecular weight excluding hydrogens is 164 g/mol. The van der Waals surface area contributed by atoms with E-state index >= 15 is 0 Å². The van der Waals surface area contributed by atoms with Gasteiger partial charge in [-0.15, -0.1) is 0 Å². The molecule has 0 bridgehead atoms. The van der Waals surface area contributed by atoms with Gasteiger partial charge in [0.25, 0.3) is 0 Å². The maximum absolute atomic E-state index is 8.63. The van der Waals surface area contributed by atoms with E-state index in [0.29, 0.717) is 5.56 Å². The number of nitrogens with zero attached hydrogens (tertiary/aromatic N) is 2. The minimum Gasteiger partial charge on any atom is -0.504 e. The highest BCUT2D eigenvalue weighted by Crippen LogP contribution is 2.09. The predicted octanol–water partition coefficient (Wildman–Crippen LogP) is 1.88. The molecule has 0 aromatic carbocycles. The van der Waals surface area contributed by atoms with Gasteiger partial charge in [0.15, 0.2) is 0 Å². The van der Waals surface area contributed by atoms with Crippen molar-refractivity contribution in [3.05, 3.63) is 35.3 Å². The van der Waals surface area contributed by atoms with Crippen LogP contribution in [-0.2, 0) is 4.74 Å². The topological polar surface area (TPSA) is 45.9 Å². The van der Waals surface area contributed by atoms with Gasteiger partial charge in [0.05, 0.1) is 18.9 Å². The first kappa shape index (κ1) is 9.27. The molecule has 3 heteroatoms. The molecule has 0 fully saturated rings. The molecule has 0 N–H and O–H groups in total. The van der Waals surface area contributed by atoms with E-state index in [1.165, 1.54) is 0 Å². The zero-order valence-electron chi connectivity index (χ0n) is 7.61. The number of hydrogen-bond acceptors (Lipinski definition) is 3. The molecule has 0 unspecified atom stereocenters. The fraction of sp³-hybridized carbons (Fsp3) is 0.200. The third-order valence-corrected chi connectivity index (χ3v) is 1.64. The average molecular weight is 174 g/mol. The van der Waals surface area contributed by atoms with E-state index in [-0.39, 0.29) is 0 Å². The number of nitriles is 1. The third-order valence-electron chi connectivity index (χ3n) is 1.64. The Balaban J connectivity index is 3.06. The van der Waals surface area contributed by atoms with Gasteiger partial charge in [-0.1, -0.05) is 0 Å². The first-order valence-corrected chi connectivity index (χ1v) is 3.84. The maximum atomic E-state index is 8.63. The summed E-state index contributed by atoms with van der Waals surface area (Å²) in [4.78, 5) is 4.07. The Morgan fingerprint density at radius 2 is 2.38 bits per heavy atom. The van der Waals surface area contributed by atoms with E-state index in [0.717, 1.165) is 11.3 Å². The van der Waals surface area contributed by atoms with E-state index in [1.807, 2.05) is 13.0 Å². The zero-order chi connectivity index (χ0) is 9.68. The summed E-state index contributed by atoms with van der Waals surface area (Å²) in [5.41, 5.74) is 2.34. The Morgan fingerprint density at radius 3 is 3.00 bits per heavy atom. The van der Waals surface area contributed by atoms with Crippen LogP contribution >= 0.6 is 0 Å². The van der Waals surface area contributed by atoms with Crippen molar-refractivity contribution in [1.82, 2.24) is 4.98 Å². The second-order valence-electron chi connectivity index (χ2n) is 2.55. The van der Waals surface area contributed by atoms with Crippen LogP contribution in [0.2, 0.25) is 0 Å². The normalized spacial score (nSPS) is 9.92. The fourth-order valence-electron chi connectivity index (χ4n) is 0.921. The lowest BCUT2D eigenvalue weighted by molar-refractivity contribution is 0.341. The van der Waals surface area contributed by atoms with Crippen molar-refractivity contribution >= 4 is 6.08 Å². The number of rotatable bonds is 2. The lowest BCUT2D eigenvalue weighted by atomic mass is 10.1. The van der Waals surface area contributed by atoms with E-state index in [2.05, 4.69) is 4.98 Å². The van der Waals surface area contributed by atoms with Crippen LogP contribution < -0.4 is 0 Å². The van der Waals surface area contributed by atoms with Gasteiger partial charge in [-0.25, -0.2) is 0 Å². The standard InChI is InChI=1S/C10H10N2O/c1-8-10(3-4-13-2)5-9(6-11)7-12-8/h3-5,7H,1-2H3/b4-3+. The Labute approximate surface area is 77.3 Å². The summed E-state index contributed by atoms with van der Waals surface area (Å²) in [6, 6.07) is 3.81. The van der Waals surface area contributed by atoms with E-state index in [9.17, 15) is 0 Å². The van der Waals surface area contributed by atoms with Crippen LogP contribution in [0.4, 0.5) is 0 Å². The van der Waals surface area contributed by atoms with Crippen molar-refractivity contribution in [2.75, 3.05) is 7.11 Å². The summed E-state index contributed by atoms with van der Waals surface area (Å²) in [5.74, 6) is 0. The quantitative estimate of drug-likeness (QED) is 0.643. The molecule has 0 radical (unpaired) electrons. The summed E-state index contributed by atoms with van der Waals surface area (Å²) in [5, 5.41) is 8.63.